The van der Waals surface area contributed by atoms with Crippen LogP contribution in [-0.2, 0) is 10.5 Å². The molecule has 2 aromatic rings. The van der Waals surface area contributed by atoms with Crippen LogP contribution < -0.4 is 5.32 Å². The van der Waals surface area contributed by atoms with E-state index in [2.05, 4.69) is 15.5 Å². The third-order valence-corrected chi connectivity index (χ3v) is 5.80. The van der Waals surface area contributed by atoms with Crippen molar-refractivity contribution in [3.63, 3.8) is 0 Å². The molecular formula is C14H15Cl2N3OS2. The predicted octanol–water partition coefficient (Wildman–Crippen LogP) is 5.12. The first-order valence-electron chi connectivity index (χ1n) is 6.71. The fraction of sp³-hybridized carbons (Fsp3) is 0.357. The van der Waals surface area contributed by atoms with Gasteiger partial charge in [-0.05, 0) is 24.1 Å². The van der Waals surface area contributed by atoms with Crippen molar-refractivity contribution in [1.29, 1.82) is 0 Å². The fourth-order valence-electron chi connectivity index (χ4n) is 1.54. The normalized spacial score (nSPS) is 12.2. The summed E-state index contributed by atoms with van der Waals surface area (Å²) in [6.45, 7) is 3.85. The molecular weight excluding hydrogens is 361 g/mol. The van der Waals surface area contributed by atoms with Gasteiger partial charge in [0.05, 0.1) is 0 Å². The second-order valence-corrected chi connectivity index (χ2v) is 7.67. The van der Waals surface area contributed by atoms with Gasteiger partial charge in [0.15, 0.2) is 4.34 Å². The highest BCUT2D eigenvalue weighted by Gasteiger charge is 2.14. The highest BCUT2D eigenvalue weighted by atomic mass is 35.5. The lowest BCUT2D eigenvalue weighted by Gasteiger charge is -2.06. The Kier molecular flexibility index (Phi) is 6.50. The topological polar surface area (TPSA) is 54.9 Å². The highest BCUT2D eigenvalue weighted by Crippen LogP contribution is 2.33. The largest absolute Gasteiger partial charge is 0.300 e. The van der Waals surface area contributed by atoms with E-state index in [1.54, 1.807) is 12.1 Å². The quantitative estimate of drug-likeness (QED) is 0.562. The molecule has 0 saturated heterocycles. The smallest absolute Gasteiger partial charge is 0.229 e. The molecule has 0 fully saturated rings. The number of rotatable bonds is 6. The lowest BCUT2D eigenvalue weighted by Crippen LogP contribution is -2.19. The standard InChI is InChI=1S/C14H15Cl2N3OS2/c1-3-8(2)12(20)17-13-18-19-14(22-13)21-7-9-10(15)5-4-6-11(9)16/h4-6,8H,3,7H2,1-2H3,(H,17,18,20). The summed E-state index contributed by atoms with van der Waals surface area (Å²) in [6, 6.07) is 5.43. The number of amides is 1. The number of thioether (sulfide) groups is 1. The van der Waals surface area contributed by atoms with Crippen molar-refractivity contribution >= 4 is 57.3 Å². The molecule has 1 amide bonds. The minimum Gasteiger partial charge on any atom is -0.300 e. The Balaban J connectivity index is 1.97. The predicted molar refractivity (Wildman–Crippen MR) is 94.0 cm³/mol. The maximum Gasteiger partial charge on any atom is 0.229 e. The molecule has 1 aromatic heterocycles. The lowest BCUT2D eigenvalue weighted by atomic mass is 10.1. The van der Waals surface area contributed by atoms with Gasteiger partial charge in [0.25, 0.3) is 0 Å². The summed E-state index contributed by atoms with van der Waals surface area (Å²) in [6.07, 6.45) is 0.789. The number of carbonyl (C=O) groups is 1. The Morgan fingerprint density at radius 3 is 2.68 bits per heavy atom. The molecule has 0 saturated carbocycles. The van der Waals surface area contributed by atoms with Crippen LogP contribution in [-0.4, -0.2) is 16.1 Å². The maximum atomic E-state index is 11.8. The van der Waals surface area contributed by atoms with Gasteiger partial charge in [-0.2, -0.15) is 0 Å². The molecule has 1 N–H and O–H groups in total. The Hall–Kier alpha value is -0.820. The van der Waals surface area contributed by atoms with Crippen molar-refractivity contribution in [3.8, 4) is 0 Å². The summed E-state index contributed by atoms with van der Waals surface area (Å²) in [5, 5.41) is 12.6. The van der Waals surface area contributed by atoms with Gasteiger partial charge in [-0.15, -0.1) is 10.2 Å². The lowest BCUT2D eigenvalue weighted by molar-refractivity contribution is -0.119. The van der Waals surface area contributed by atoms with Crippen LogP contribution >= 0.6 is 46.3 Å². The molecule has 0 spiro atoms. The number of aromatic nitrogens is 2. The summed E-state index contributed by atoms with van der Waals surface area (Å²) in [7, 11) is 0. The Morgan fingerprint density at radius 2 is 2.05 bits per heavy atom. The summed E-state index contributed by atoms with van der Waals surface area (Å²) in [5.41, 5.74) is 0.872. The van der Waals surface area contributed by atoms with E-state index >= 15 is 0 Å². The van der Waals surface area contributed by atoms with Gasteiger partial charge >= 0.3 is 0 Å². The van der Waals surface area contributed by atoms with E-state index in [4.69, 9.17) is 23.2 Å². The molecule has 0 aliphatic carbocycles. The zero-order valence-electron chi connectivity index (χ0n) is 12.1. The summed E-state index contributed by atoms with van der Waals surface area (Å²) in [5.74, 6) is 0.526. The van der Waals surface area contributed by atoms with Gasteiger partial charge < -0.3 is 5.32 Å². The van der Waals surface area contributed by atoms with Crippen molar-refractivity contribution in [2.45, 2.75) is 30.4 Å². The third-order valence-electron chi connectivity index (χ3n) is 3.10. The van der Waals surface area contributed by atoms with E-state index in [9.17, 15) is 4.79 Å². The molecule has 8 heteroatoms. The second kappa shape index (κ2) is 8.15. The number of benzene rings is 1. The van der Waals surface area contributed by atoms with Gasteiger partial charge in [-0.3, -0.25) is 4.79 Å². The van der Waals surface area contributed by atoms with Crippen LogP contribution in [0.25, 0.3) is 0 Å². The Labute approximate surface area is 147 Å². The van der Waals surface area contributed by atoms with Crippen molar-refractivity contribution in [1.82, 2.24) is 10.2 Å². The molecule has 1 heterocycles. The number of halogens is 2. The van der Waals surface area contributed by atoms with Crippen LogP contribution in [0.3, 0.4) is 0 Å². The number of anilines is 1. The molecule has 1 atom stereocenters. The van der Waals surface area contributed by atoms with E-state index < -0.39 is 0 Å². The van der Waals surface area contributed by atoms with E-state index in [1.807, 2.05) is 19.9 Å². The maximum absolute atomic E-state index is 11.8. The van der Waals surface area contributed by atoms with Crippen LogP contribution in [0.5, 0.6) is 0 Å². The number of carbonyl (C=O) groups excluding carboxylic acids is 1. The molecule has 1 unspecified atom stereocenters. The first-order chi connectivity index (χ1) is 10.5. The Morgan fingerprint density at radius 1 is 1.36 bits per heavy atom. The van der Waals surface area contributed by atoms with Gasteiger partial charge in [-0.25, -0.2) is 0 Å². The Bertz CT molecular complexity index is 643. The molecule has 118 valence electrons. The molecule has 0 bridgehead atoms. The molecule has 0 aliphatic rings. The zero-order valence-corrected chi connectivity index (χ0v) is 15.2. The first-order valence-corrected chi connectivity index (χ1v) is 9.27. The van der Waals surface area contributed by atoms with Gasteiger partial charge in [0.2, 0.25) is 11.0 Å². The number of nitrogens with one attached hydrogen (secondary N) is 1. The van der Waals surface area contributed by atoms with E-state index in [0.29, 0.717) is 20.9 Å². The van der Waals surface area contributed by atoms with Crippen molar-refractivity contribution in [2.24, 2.45) is 5.92 Å². The van der Waals surface area contributed by atoms with Gasteiger partial charge in [-0.1, -0.05) is 66.2 Å². The molecule has 4 nitrogen and oxygen atoms in total. The third kappa shape index (κ3) is 4.59. The molecule has 0 radical (unpaired) electrons. The highest BCUT2D eigenvalue weighted by molar-refractivity contribution is 8.00. The monoisotopic (exact) mass is 375 g/mol. The molecule has 2 rings (SSSR count). The van der Waals surface area contributed by atoms with Crippen LogP contribution in [0.15, 0.2) is 22.5 Å². The first kappa shape index (κ1) is 17.5. The van der Waals surface area contributed by atoms with Crippen molar-refractivity contribution in [2.75, 3.05) is 5.32 Å². The number of hydrogen-bond acceptors (Lipinski definition) is 5. The second-order valence-electron chi connectivity index (χ2n) is 4.66. The van der Waals surface area contributed by atoms with E-state index in [1.165, 1.54) is 23.1 Å². The van der Waals surface area contributed by atoms with Crippen LogP contribution in [0.4, 0.5) is 5.13 Å². The molecule has 0 aliphatic heterocycles. The zero-order chi connectivity index (χ0) is 16.1. The van der Waals surface area contributed by atoms with Crippen LogP contribution in [0.2, 0.25) is 10.0 Å². The summed E-state index contributed by atoms with van der Waals surface area (Å²) in [4.78, 5) is 11.8. The molecule has 1 aromatic carbocycles. The van der Waals surface area contributed by atoms with Crippen LogP contribution in [0.1, 0.15) is 25.8 Å². The fourth-order valence-corrected chi connectivity index (χ4v) is 4.03. The number of nitrogens with zero attached hydrogens (tertiary/aromatic N) is 2. The van der Waals surface area contributed by atoms with E-state index in [-0.39, 0.29) is 11.8 Å². The molecule has 22 heavy (non-hydrogen) atoms. The summed E-state index contributed by atoms with van der Waals surface area (Å²) < 4.78 is 0.760. The summed E-state index contributed by atoms with van der Waals surface area (Å²) >= 11 is 15.1. The van der Waals surface area contributed by atoms with Crippen molar-refractivity contribution < 1.29 is 4.79 Å². The van der Waals surface area contributed by atoms with E-state index in [0.717, 1.165) is 16.3 Å². The minimum atomic E-state index is -0.0399. The average molecular weight is 376 g/mol. The SMILES string of the molecule is CCC(C)C(=O)Nc1nnc(SCc2c(Cl)cccc2Cl)s1. The van der Waals surface area contributed by atoms with Gasteiger partial charge in [0.1, 0.15) is 0 Å². The van der Waals surface area contributed by atoms with Crippen molar-refractivity contribution in [3.05, 3.63) is 33.8 Å². The number of hydrogen-bond donors (Lipinski definition) is 1. The van der Waals surface area contributed by atoms with Gasteiger partial charge in [0, 0.05) is 21.7 Å². The minimum absolute atomic E-state index is 0.0376. The average Bonchev–Trinajstić information content (AvgIpc) is 2.93. The van der Waals surface area contributed by atoms with Crippen LogP contribution in [0, 0.1) is 5.92 Å².